The van der Waals surface area contributed by atoms with Gasteiger partial charge in [-0.15, -0.1) is 0 Å². The Labute approximate surface area is 125 Å². The van der Waals surface area contributed by atoms with Gasteiger partial charge in [0, 0.05) is 19.1 Å². The normalized spacial score (nSPS) is 13.0. The van der Waals surface area contributed by atoms with Crippen molar-refractivity contribution in [2.24, 2.45) is 11.1 Å². The van der Waals surface area contributed by atoms with Crippen LogP contribution in [0.2, 0.25) is 0 Å². The van der Waals surface area contributed by atoms with Crippen LogP contribution in [-0.4, -0.2) is 42.9 Å². The van der Waals surface area contributed by atoms with Gasteiger partial charge in [0.15, 0.2) is 0 Å². The Hall–Kier alpha value is -1.66. The van der Waals surface area contributed by atoms with Crippen LogP contribution in [0.25, 0.3) is 0 Å². The van der Waals surface area contributed by atoms with E-state index in [2.05, 4.69) is 4.98 Å². The Morgan fingerprint density at radius 1 is 1.38 bits per heavy atom. The third kappa shape index (κ3) is 4.68. The van der Waals surface area contributed by atoms with E-state index in [-0.39, 0.29) is 17.9 Å². The van der Waals surface area contributed by atoms with Gasteiger partial charge < -0.3 is 20.3 Å². The zero-order valence-corrected chi connectivity index (χ0v) is 13.0. The fourth-order valence-electron chi connectivity index (χ4n) is 2.01. The molecule has 0 radical (unpaired) electrons. The fourth-order valence-corrected chi connectivity index (χ4v) is 2.01. The lowest BCUT2D eigenvalue weighted by molar-refractivity contribution is 0.0995. The molecule has 0 aliphatic carbocycles. The second-order valence-electron chi connectivity index (χ2n) is 5.89. The lowest BCUT2D eigenvalue weighted by atomic mass is 9.77. The molecule has 1 aromatic heterocycles. The SMILES string of the molecule is COCCOc1ccc(C(N)=O)c([C@@H](CO)C(C)(C)C)n1. The molecule has 0 saturated heterocycles. The second-order valence-corrected chi connectivity index (χ2v) is 5.89. The molecule has 0 fully saturated rings. The fraction of sp³-hybridized carbons (Fsp3) is 0.600. The van der Waals surface area contributed by atoms with E-state index < -0.39 is 5.91 Å². The molecular formula is C15H24N2O4. The number of hydrogen-bond donors (Lipinski definition) is 2. The molecule has 1 atom stereocenters. The number of carbonyl (C=O) groups excluding carboxylic acids is 1. The number of methoxy groups -OCH3 is 1. The maximum atomic E-state index is 11.6. The molecule has 1 aromatic rings. The van der Waals surface area contributed by atoms with Crippen molar-refractivity contribution >= 4 is 5.91 Å². The molecule has 0 bridgehead atoms. The summed E-state index contributed by atoms with van der Waals surface area (Å²) in [6, 6.07) is 3.18. The van der Waals surface area contributed by atoms with Crippen molar-refractivity contribution in [3.8, 4) is 5.88 Å². The molecule has 21 heavy (non-hydrogen) atoms. The smallest absolute Gasteiger partial charge is 0.250 e. The van der Waals surface area contributed by atoms with Crippen LogP contribution in [0.3, 0.4) is 0 Å². The standard InChI is InChI=1S/C15H24N2O4/c1-15(2,3)11(9-18)13-10(14(16)19)5-6-12(17-13)21-8-7-20-4/h5-6,11,18H,7-9H2,1-4H3,(H2,16,19)/t11-/m1/s1. The van der Waals surface area contributed by atoms with Gasteiger partial charge in [-0.1, -0.05) is 20.8 Å². The topological polar surface area (TPSA) is 94.7 Å². The summed E-state index contributed by atoms with van der Waals surface area (Å²) in [6.07, 6.45) is 0. The Morgan fingerprint density at radius 2 is 2.05 bits per heavy atom. The van der Waals surface area contributed by atoms with Crippen LogP contribution in [0.5, 0.6) is 5.88 Å². The molecule has 0 unspecified atom stereocenters. The van der Waals surface area contributed by atoms with E-state index >= 15 is 0 Å². The molecule has 0 spiro atoms. The predicted molar refractivity (Wildman–Crippen MR) is 79.4 cm³/mol. The van der Waals surface area contributed by atoms with Gasteiger partial charge in [-0.25, -0.2) is 4.98 Å². The van der Waals surface area contributed by atoms with E-state index in [1.165, 1.54) is 0 Å². The van der Waals surface area contributed by atoms with Crippen molar-refractivity contribution in [2.45, 2.75) is 26.7 Å². The maximum absolute atomic E-state index is 11.6. The lowest BCUT2D eigenvalue weighted by Crippen LogP contribution is -2.27. The van der Waals surface area contributed by atoms with E-state index in [4.69, 9.17) is 15.2 Å². The molecule has 3 N–H and O–H groups in total. The summed E-state index contributed by atoms with van der Waals surface area (Å²) in [5.74, 6) is -0.496. The number of primary amides is 1. The van der Waals surface area contributed by atoms with Crippen molar-refractivity contribution in [2.75, 3.05) is 26.9 Å². The molecular weight excluding hydrogens is 272 g/mol. The van der Waals surface area contributed by atoms with Gasteiger partial charge in [-0.3, -0.25) is 4.79 Å². The Morgan fingerprint density at radius 3 is 2.52 bits per heavy atom. The molecule has 0 saturated carbocycles. The van der Waals surface area contributed by atoms with Crippen LogP contribution in [-0.2, 0) is 4.74 Å². The number of hydrogen-bond acceptors (Lipinski definition) is 5. The molecule has 0 aromatic carbocycles. The summed E-state index contributed by atoms with van der Waals surface area (Å²) < 4.78 is 10.4. The summed E-state index contributed by atoms with van der Waals surface area (Å²) in [5.41, 5.74) is 5.91. The van der Waals surface area contributed by atoms with Gasteiger partial charge in [-0.2, -0.15) is 0 Å². The Kier molecular flexibility index (Phi) is 6.11. The van der Waals surface area contributed by atoms with Gasteiger partial charge in [0.2, 0.25) is 5.88 Å². The minimum Gasteiger partial charge on any atom is -0.475 e. The number of nitrogens with zero attached hydrogens (tertiary/aromatic N) is 1. The lowest BCUT2D eigenvalue weighted by Gasteiger charge is -2.29. The minimum absolute atomic E-state index is 0.127. The van der Waals surface area contributed by atoms with Gasteiger partial charge in [-0.05, 0) is 11.5 Å². The Bertz CT molecular complexity index is 483. The van der Waals surface area contributed by atoms with Gasteiger partial charge in [0.05, 0.1) is 24.5 Å². The molecule has 0 aliphatic rings. The number of amides is 1. The highest BCUT2D eigenvalue weighted by atomic mass is 16.5. The van der Waals surface area contributed by atoms with Crippen LogP contribution >= 0.6 is 0 Å². The molecule has 0 aliphatic heterocycles. The third-order valence-electron chi connectivity index (χ3n) is 3.26. The number of ether oxygens (including phenoxy) is 2. The first kappa shape index (κ1) is 17.4. The molecule has 1 amide bonds. The molecule has 118 valence electrons. The Balaban J connectivity index is 3.17. The summed E-state index contributed by atoms with van der Waals surface area (Å²) in [4.78, 5) is 15.9. The van der Waals surface area contributed by atoms with Crippen molar-refractivity contribution in [3.05, 3.63) is 23.4 Å². The van der Waals surface area contributed by atoms with Crippen LogP contribution in [0.4, 0.5) is 0 Å². The van der Waals surface area contributed by atoms with Crippen molar-refractivity contribution in [1.82, 2.24) is 4.98 Å². The van der Waals surface area contributed by atoms with Gasteiger partial charge >= 0.3 is 0 Å². The predicted octanol–water partition coefficient (Wildman–Crippen LogP) is 1.33. The monoisotopic (exact) mass is 296 g/mol. The highest BCUT2D eigenvalue weighted by Gasteiger charge is 2.30. The van der Waals surface area contributed by atoms with E-state index in [1.807, 2.05) is 20.8 Å². The molecule has 1 rings (SSSR count). The number of carbonyl (C=O) groups is 1. The van der Waals surface area contributed by atoms with Crippen LogP contribution in [0.15, 0.2) is 12.1 Å². The number of aromatic nitrogens is 1. The quantitative estimate of drug-likeness (QED) is 0.740. The number of aliphatic hydroxyl groups is 1. The maximum Gasteiger partial charge on any atom is 0.250 e. The first-order chi connectivity index (χ1) is 9.81. The largest absolute Gasteiger partial charge is 0.475 e. The number of rotatable bonds is 7. The van der Waals surface area contributed by atoms with Gasteiger partial charge in [0.25, 0.3) is 5.91 Å². The molecule has 1 heterocycles. The first-order valence-electron chi connectivity index (χ1n) is 6.84. The van der Waals surface area contributed by atoms with Crippen molar-refractivity contribution in [3.63, 3.8) is 0 Å². The number of pyridine rings is 1. The summed E-state index contributed by atoms with van der Waals surface area (Å²) in [6.45, 7) is 6.59. The van der Waals surface area contributed by atoms with Crippen molar-refractivity contribution < 1.29 is 19.4 Å². The number of aliphatic hydroxyl groups excluding tert-OH is 1. The average molecular weight is 296 g/mol. The molecule has 6 heteroatoms. The van der Waals surface area contributed by atoms with Crippen LogP contribution in [0, 0.1) is 5.41 Å². The molecule has 6 nitrogen and oxygen atoms in total. The van der Waals surface area contributed by atoms with Crippen molar-refractivity contribution in [1.29, 1.82) is 0 Å². The summed E-state index contributed by atoms with van der Waals surface area (Å²) >= 11 is 0. The highest BCUT2D eigenvalue weighted by Crippen LogP contribution is 2.35. The highest BCUT2D eigenvalue weighted by molar-refractivity contribution is 5.94. The first-order valence-corrected chi connectivity index (χ1v) is 6.84. The van der Waals surface area contributed by atoms with E-state index in [0.717, 1.165) is 0 Å². The summed E-state index contributed by atoms with van der Waals surface area (Å²) in [5, 5.41) is 9.67. The minimum atomic E-state index is -0.566. The third-order valence-corrected chi connectivity index (χ3v) is 3.26. The van der Waals surface area contributed by atoms with E-state index in [9.17, 15) is 9.90 Å². The zero-order chi connectivity index (χ0) is 16.0. The van der Waals surface area contributed by atoms with E-state index in [1.54, 1.807) is 19.2 Å². The van der Waals surface area contributed by atoms with Gasteiger partial charge in [0.1, 0.15) is 6.61 Å². The zero-order valence-electron chi connectivity index (χ0n) is 13.0. The van der Waals surface area contributed by atoms with Crippen LogP contribution < -0.4 is 10.5 Å². The van der Waals surface area contributed by atoms with E-state index in [0.29, 0.717) is 30.4 Å². The summed E-state index contributed by atoms with van der Waals surface area (Å²) in [7, 11) is 1.58. The number of nitrogens with two attached hydrogens (primary N) is 1. The average Bonchev–Trinajstić information content (AvgIpc) is 2.38. The second kappa shape index (κ2) is 7.38. The van der Waals surface area contributed by atoms with Crippen LogP contribution in [0.1, 0.15) is 42.7 Å².